The molecule has 1 aromatic rings. The number of guanidine groups is 1. The Labute approximate surface area is 139 Å². The van der Waals surface area contributed by atoms with Crippen LogP contribution >= 0.6 is 0 Å². The van der Waals surface area contributed by atoms with Crippen LogP contribution in [0.3, 0.4) is 0 Å². The van der Waals surface area contributed by atoms with E-state index >= 15 is 0 Å². The van der Waals surface area contributed by atoms with Gasteiger partial charge in [0.25, 0.3) is 0 Å². The molecule has 6 heteroatoms. The normalized spacial score (nSPS) is 11.2. The summed E-state index contributed by atoms with van der Waals surface area (Å²) in [7, 11) is 5.47. The molecule has 0 aromatic carbocycles. The molecule has 0 radical (unpaired) electrons. The van der Waals surface area contributed by atoms with Crippen LogP contribution in [-0.4, -0.2) is 56.8 Å². The van der Waals surface area contributed by atoms with E-state index < -0.39 is 0 Å². The van der Waals surface area contributed by atoms with Crippen molar-refractivity contribution in [3.8, 4) is 5.88 Å². The summed E-state index contributed by atoms with van der Waals surface area (Å²) in [4.78, 5) is 10.7. The Morgan fingerprint density at radius 2 is 2.26 bits per heavy atom. The summed E-state index contributed by atoms with van der Waals surface area (Å²) >= 11 is 0. The molecule has 1 N–H and O–H groups in total. The lowest BCUT2D eigenvalue weighted by Gasteiger charge is -2.21. The van der Waals surface area contributed by atoms with Gasteiger partial charge in [-0.1, -0.05) is 12.1 Å². The lowest BCUT2D eigenvalue weighted by Crippen LogP contribution is -2.38. The molecule has 1 heterocycles. The van der Waals surface area contributed by atoms with Crippen LogP contribution in [0.2, 0.25) is 0 Å². The molecule has 0 aliphatic carbocycles. The lowest BCUT2D eigenvalue weighted by molar-refractivity contribution is 0.143. The Kier molecular flexibility index (Phi) is 9.47. The fourth-order valence-electron chi connectivity index (χ4n) is 1.97. The number of nitrogens with zero attached hydrogens (tertiary/aromatic N) is 3. The third kappa shape index (κ3) is 7.65. The van der Waals surface area contributed by atoms with Gasteiger partial charge in [0.1, 0.15) is 6.61 Å². The highest BCUT2D eigenvalue weighted by Crippen LogP contribution is 2.07. The maximum absolute atomic E-state index is 5.44. The largest absolute Gasteiger partial charge is 0.475 e. The van der Waals surface area contributed by atoms with E-state index in [1.165, 1.54) is 0 Å². The monoisotopic (exact) mass is 320 g/mol. The number of pyridine rings is 1. The molecule has 0 aliphatic rings. The van der Waals surface area contributed by atoms with Gasteiger partial charge >= 0.3 is 0 Å². The number of hydrogen-bond acceptors (Lipinski definition) is 4. The highest BCUT2D eigenvalue weighted by Gasteiger charge is 2.05. The predicted molar refractivity (Wildman–Crippen MR) is 93.9 cm³/mol. The first kappa shape index (κ1) is 19.0. The zero-order valence-electron chi connectivity index (χ0n) is 14.4. The van der Waals surface area contributed by atoms with Crippen LogP contribution in [0.5, 0.6) is 5.88 Å². The van der Waals surface area contributed by atoms with Gasteiger partial charge < -0.3 is 19.7 Å². The summed E-state index contributed by atoms with van der Waals surface area (Å²) in [6, 6.07) is 3.86. The van der Waals surface area contributed by atoms with Gasteiger partial charge in [-0.2, -0.15) is 0 Å². The number of hydrogen-bond donors (Lipinski definition) is 1. The number of rotatable bonds is 10. The molecule has 0 fully saturated rings. The molecule has 0 spiro atoms. The second-order valence-electron chi connectivity index (χ2n) is 5.10. The summed E-state index contributed by atoms with van der Waals surface area (Å²) in [6.07, 6.45) is 5.82. The van der Waals surface area contributed by atoms with Gasteiger partial charge in [0, 0.05) is 46.6 Å². The van der Waals surface area contributed by atoms with Crippen molar-refractivity contribution in [3.63, 3.8) is 0 Å². The second kappa shape index (κ2) is 11.5. The molecule has 0 saturated carbocycles. The highest BCUT2D eigenvalue weighted by atomic mass is 16.5. The minimum Gasteiger partial charge on any atom is -0.475 e. The average molecular weight is 320 g/mol. The maximum Gasteiger partial charge on any atom is 0.213 e. The number of methoxy groups -OCH3 is 1. The van der Waals surface area contributed by atoms with E-state index in [1.807, 2.05) is 25.3 Å². The Hall–Kier alpha value is -2.08. The van der Waals surface area contributed by atoms with Crippen LogP contribution in [0.4, 0.5) is 0 Å². The number of allylic oxidation sites excluding steroid dienone is 1. The van der Waals surface area contributed by atoms with Crippen LogP contribution in [-0.2, 0) is 11.3 Å². The van der Waals surface area contributed by atoms with Gasteiger partial charge in [-0.05, 0) is 18.4 Å². The van der Waals surface area contributed by atoms with Crippen molar-refractivity contribution in [2.75, 3.05) is 41.0 Å². The summed E-state index contributed by atoms with van der Waals surface area (Å²) in [6.45, 7) is 6.41. The quantitative estimate of drug-likeness (QED) is 0.309. The molecule has 0 bridgehead atoms. The molecule has 128 valence electrons. The first-order chi connectivity index (χ1) is 11.2. The summed E-state index contributed by atoms with van der Waals surface area (Å²) in [5, 5.41) is 3.33. The number of nitrogens with one attached hydrogen (secondary N) is 1. The summed E-state index contributed by atoms with van der Waals surface area (Å²) in [5.74, 6) is 1.48. The molecular weight excluding hydrogens is 292 g/mol. The molecule has 0 saturated heterocycles. The van der Waals surface area contributed by atoms with E-state index in [0.717, 1.165) is 30.9 Å². The standard InChI is InChI=1S/C17H28N4O2/c1-5-6-7-10-21(3)17(18-2)20-14-15-8-9-16(19-13-15)23-12-11-22-4/h5,8-9,13H,1,6-7,10-12,14H2,2-4H3,(H,18,20). The molecule has 23 heavy (non-hydrogen) atoms. The zero-order valence-corrected chi connectivity index (χ0v) is 14.4. The van der Waals surface area contributed by atoms with Crippen molar-refractivity contribution in [1.82, 2.24) is 15.2 Å². The van der Waals surface area contributed by atoms with Crippen molar-refractivity contribution in [1.29, 1.82) is 0 Å². The molecule has 0 atom stereocenters. The minimum absolute atomic E-state index is 0.503. The third-order valence-corrected chi connectivity index (χ3v) is 3.26. The summed E-state index contributed by atoms with van der Waals surface area (Å²) in [5.41, 5.74) is 1.07. The van der Waals surface area contributed by atoms with Crippen molar-refractivity contribution in [2.24, 2.45) is 4.99 Å². The Balaban J connectivity index is 2.41. The van der Waals surface area contributed by atoms with E-state index in [9.17, 15) is 0 Å². The molecule has 1 aromatic heterocycles. The van der Waals surface area contributed by atoms with Crippen molar-refractivity contribution < 1.29 is 9.47 Å². The molecule has 0 aliphatic heterocycles. The van der Waals surface area contributed by atoms with Crippen LogP contribution in [0, 0.1) is 0 Å². The van der Waals surface area contributed by atoms with Gasteiger partial charge in [0.2, 0.25) is 5.88 Å². The number of ether oxygens (including phenoxy) is 2. The van der Waals surface area contributed by atoms with Gasteiger partial charge in [-0.25, -0.2) is 4.98 Å². The third-order valence-electron chi connectivity index (χ3n) is 3.26. The van der Waals surface area contributed by atoms with Gasteiger partial charge in [-0.3, -0.25) is 4.99 Å². The van der Waals surface area contributed by atoms with Gasteiger partial charge in [0.05, 0.1) is 6.61 Å². The highest BCUT2D eigenvalue weighted by molar-refractivity contribution is 5.79. The number of unbranched alkanes of at least 4 members (excludes halogenated alkanes) is 1. The van der Waals surface area contributed by atoms with Crippen LogP contribution in [0.1, 0.15) is 18.4 Å². The SMILES string of the molecule is C=CCCCN(C)C(=NC)NCc1ccc(OCCOC)nc1. The number of aliphatic imine (C=N–C) groups is 1. The molecule has 6 nitrogen and oxygen atoms in total. The zero-order chi connectivity index (χ0) is 16.9. The Morgan fingerprint density at radius 1 is 1.43 bits per heavy atom. The second-order valence-corrected chi connectivity index (χ2v) is 5.10. The average Bonchev–Trinajstić information content (AvgIpc) is 2.57. The van der Waals surface area contributed by atoms with Gasteiger partial charge in [0.15, 0.2) is 5.96 Å². The molecule has 0 unspecified atom stereocenters. The van der Waals surface area contributed by atoms with E-state index in [-0.39, 0.29) is 0 Å². The van der Waals surface area contributed by atoms with Crippen LogP contribution < -0.4 is 10.1 Å². The van der Waals surface area contributed by atoms with E-state index in [4.69, 9.17) is 9.47 Å². The predicted octanol–water partition coefficient (Wildman–Crippen LogP) is 2.08. The van der Waals surface area contributed by atoms with Crippen LogP contribution in [0.15, 0.2) is 36.0 Å². The fraction of sp³-hybridized carbons (Fsp3) is 0.529. The van der Waals surface area contributed by atoms with Crippen molar-refractivity contribution in [2.45, 2.75) is 19.4 Å². The Bertz CT molecular complexity index is 474. The first-order valence-corrected chi connectivity index (χ1v) is 7.80. The van der Waals surface area contributed by atoms with Crippen molar-refractivity contribution in [3.05, 3.63) is 36.5 Å². The fourth-order valence-corrected chi connectivity index (χ4v) is 1.97. The topological polar surface area (TPSA) is 59.0 Å². The van der Waals surface area contributed by atoms with E-state index in [1.54, 1.807) is 20.4 Å². The van der Waals surface area contributed by atoms with E-state index in [0.29, 0.717) is 25.6 Å². The lowest BCUT2D eigenvalue weighted by atomic mass is 10.3. The minimum atomic E-state index is 0.503. The first-order valence-electron chi connectivity index (χ1n) is 7.80. The number of aromatic nitrogens is 1. The molecule has 0 amide bonds. The van der Waals surface area contributed by atoms with Crippen LogP contribution in [0.25, 0.3) is 0 Å². The Morgan fingerprint density at radius 3 is 2.87 bits per heavy atom. The smallest absolute Gasteiger partial charge is 0.213 e. The van der Waals surface area contributed by atoms with Gasteiger partial charge in [-0.15, -0.1) is 6.58 Å². The van der Waals surface area contributed by atoms with Crippen molar-refractivity contribution >= 4 is 5.96 Å². The maximum atomic E-state index is 5.44. The molecule has 1 rings (SSSR count). The molecular formula is C17H28N4O2. The summed E-state index contributed by atoms with van der Waals surface area (Å²) < 4.78 is 10.4. The van der Waals surface area contributed by atoms with E-state index in [2.05, 4.69) is 26.8 Å².